The smallest absolute Gasteiger partial charge is 0.243 e. The molecule has 0 fully saturated rings. The predicted octanol–water partition coefficient (Wildman–Crippen LogP) is 4.88. The van der Waals surface area contributed by atoms with Crippen LogP contribution in [0.15, 0.2) is 71.6 Å². The average Bonchev–Trinajstić information content (AvgIpc) is 2.83. The fourth-order valence-corrected chi connectivity index (χ4v) is 5.00. The average molecular weight is 523 g/mol. The monoisotopic (exact) mass is 522 g/mol. The van der Waals surface area contributed by atoms with Crippen molar-refractivity contribution in [1.29, 1.82) is 0 Å². The highest BCUT2D eigenvalue weighted by Gasteiger charge is 2.27. The van der Waals surface area contributed by atoms with Crippen LogP contribution < -0.4 is 14.8 Å². The summed E-state index contributed by atoms with van der Waals surface area (Å²) in [5.74, 6) is 0.108. The molecule has 0 spiro atoms. The zero-order chi connectivity index (χ0) is 24.7. The van der Waals surface area contributed by atoms with Gasteiger partial charge >= 0.3 is 0 Å². The molecular weight excluding hydrogens is 499 g/mol. The molecule has 1 N–H and O–H groups in total. The van der Waals surface area contributed by atoms with Gasteiger partial charge in [-0.25, -0.2) is 8.42 Å². The first-order chi connectivity index (χ1) is 16.2. The van der Waals surface area contributed by atoms with Crippen LogP contribution in [0.4, 0.5) is 5.69 Å². The van der Waals surface area contributed by atoms with Crippen LogP contribution in [0.1, 0.15) is 5.56 Å². The van der Waals surface area contributed by atoms with Crippen LogP contribution in [0.25, 0.3) is 0 Å². The predicted molar refractivity (Wildman–Crippen MR) is 134 cm³/mol. The standard InChI is InChI=1S/C24H24Cl2N2O5S/c1-32-22-15-21(23(33-2)14-20(22)26)27-24(29)16-28(13-12-17-6-4-3-5-7-17)34(30,31)19-10-8-18(25)9-11-19/h3-11,14-15H,12-13,16H2,1-2H3,(H,27,29). The minimum atomic E-state index is -3.97. The van der Waals surface area contributed by atoms with Gasteiger partial charge in [0.25, 0.3) is 0 Å². The van der Waals surface area contributed by atoms with Crippen molar-refractivity contribution >= 4 is 44.8 Å². The number of sulfonamides is 1. The number of hydrogen-bond acceptors (Lipinski definition) is 5. The summed E-state index contributed by atoms with van der Waals surface area (Å²) in [6.07, 6.45) is 0.430. The fourth-order valence-electron chi connectivity index (χ4n) is 3.25. The summed E-state index contributed by atoms with van der Waals surface area (Å²) >= 11 is 12.0. The van der Waals surface area contributed by atoms with E-state index in [1.807, 2.05) is 30.3 Å². The number of methoxy groups -OCH3 is 2. The van der Waals surface area contributed by atoms with Gasteiger partial charge in [-0.05, 0) is 36.2 Å². The second kappa shape index (κ2) is 11.6. The Morgan fingerprint density at radius 2 is 1.59 bits per heavy atom. The summed E-state index contributed by atoms with van der Waals surface area (Å²) in [5, 5.41) is 3.42. The second-order valence-corrected chi connectivity index (χ2v) is 10.0. The molecule has 0 bridgehead atoms. The highest BCUT2D eigenvalue weighted by Crippen LogP contribution is 2.35. The molecule has 0 unspecified atom stereocenters. The third-order valence-electron chi connectivity index (χ3n) is 5.01. The van der Waals surface area contributed by atoms with Crippen LogP contribution in [0.3, 0.4) is 0 Å². The van der Waals surface area contributed by atoms with Crippen LogP contribution in [-0.4, -0.2) is 45.9 Å². The number of anilines is 1. The largest absolute Gasteiger partial charge is 0.495 e. The van der Waals surface area contributed by atoms with Crippen LogP contribution in [0.5, 0.6) is 11.5 Å². The Morgan fingerprint density at radius 1 is 0.941 bits per heavy atom. The van der Waals surface area contributed by atoms with E-state index in [0.717, 1.165) is 9.87 Å². The number of rotatable bonds is 10. The molecule has 7 nitrogen and oxygen atoms in total. The maximum absolute atomic E-state index is 13.4. The van der Waals surface area contributed by atoms with E-state index in [-0.39, 0.29) is 11.4 Å². The molecule has 0 radical (unpaired) electrons. The van der Waals surface area contributed by atoms with Gasteiger partial charge in [-0.1, -0.05) is 53.5 Å². The number of benzene rings is 3. The van der Waals surface area contributed by atoms with E-state index in [9.17, 15) is 13.2 Å². The van der Waals surface area contributed by atoms with Crippen molar-refractivity contribution in [3.8, 4) is 11.5 Å². The molecule has 34 heavy (non-hydrogen) atoms. The van der Waals surface area contributed by atoms with Gasteiger partial charge in [0.2, 0.25) is 15.9 Å². The van der Waals surface area contributed by atoms with Crippen molar-refractivity contribution < 1.29 is 22.7 Å². The van der Waals surface area contributed by atoms with Crippen molar-refractivity contribution in [2.45, 2.75) is 11.3 Å². The molecule has 0 aliphatic rings. The number of nitrogens with zero attached hydrogens (tertiary/aromatic N) is 1. The van der Waals surface area contributed by atoms with Crippen molar-refractivity contribution in [1.82, 2.24) is 4.31 Å². The van der Waals surface area contributed by atoms with Gasteiger partial charge < -0.3 is 14.8 Å². The van der Waals surface area contributed by atoms with Crippen molar-refractivity contribution in [2.75, 3.05) is 32.6 Å². The molecule has 3 rings (SSSR count). The molecule has 0 saturated carbocycles. The third kappa shape index (κ3) is 6.42. The van der Waals surface area contributed by atoms with Gasteiger partial charge in [-0.3, -0.25) is 4.79 Å². The number of carbonyl (C=O) groups is 1. The Hall–Kier alpha value is -2.78. The topological polar surface area (TPSA) is 84.9 Å². The van der Waals surface area contributed by atoms with E-state index in [4.69, 9.17) is 32.7 Å². The van der Waals surface area contributed by atoms with E-state index in [1.165, 1.54) is 50.6 Å². The van der Waals surface area contributed by atoms with Gasteiger partial charge in [-0.2, -0.15) is 4.31 Å². The quantitative estimate of drug-likeness (QED) is 0.410. The molecule has 0 saturated heterocycles. The van der Waals surface area contributed by atoms with Gasteiger partial charge in [-0.15, -0.1) is 0 Å². The molecule has 0 aliphatic carbocycles. The lowest BCUT2D eigenvalue weighted by molar-refractivity contribution is -0.116. The summed E-state index contributed by atoms with van der Waals surface area (Å²) in [6.45, 7) is -0.310. The van der Waals surface area contributed by atoms with Crippen LogP contribution in [0, 0.1) is 0 Å². The molecule has 1 amide bonds. The number of halogens is 2. The molecule has 10 heteroatoms. The summed E-state index contributed by atoms with van der Waals surface area (Å²) in [5.41, 5.74) is 1.25. The number of carbonyl (C=O) groups excluding carboxylic acids is 1. The Balaban J connectivity index is 1.86. The molecule has 0 heterocycles. The molecule has 0 atom stereocenters. The second-order valence-electron chi connectivity index (χ2n) is 7.26. The number of nitrogens with one attached hydrogen (secondary N) is 1. The molecule has 180 valence electrons. The lowest BCUT2D eigenvalue weighted by atomic mass is 10.1. The van der Waals surface area contributed by atoms with E-state index in [0.29, 0.717) is 33.7 Å². The zero-order valence-electron chi connectivity index (χ0n) is 18.6. The van der Waals surface area contributed by atoms with E-state index < -0.39 is 22.5 Å². The molecular formula is C24H24Cl2N2O5S. The summed E-state index contributed by atoms with van der Waals surface area (Å²) in [7, 11) is -1.09. The minimum Gasteiger partial charge on any atom is -0.495 e. The zero-order valence-corrected chi connectivity index (χ0v) is 21.0. The highest BCUT2D eigenvalue weighted by molar-refractivity contribution is 7.89. The van der Waals surface area contributed by atoms with Crippen LogP contribution in [0.2, 0.25) is 10.0 Å². The van der Waals surface area contributed by atoms with Crippen molar-refractivity contribution in [3.05, 3.63) is 82.3 Å². The summed E-state index contributed by atoms with van der Waals surface area (Å²) < 4.78 is 38.3. The Labute approximate surface area is 209 Å². The van der Waals surface area contributed by atoms with Crippen molar-refractivity contribution in [2.24, 2.45) is 0 Å². The third-order valence-corrected chi connectivity index (χ3v) is 7.42. The van der Waals surface area contributed by atoms with E-state index in [2.05, 4.69) is 5.32 Å². The van der Waals surface area contributed by atoms with Crippen molar-refractivity contribution in [3.63, 3.8) is 0 Å². The van der Waals surface area contributed by atoms with Crippen LogP contribution >= 0.6 is 23.2 Å². The maximum Gasteiger partial charge on any atom is 0.243 e. The summed E-state index contributed by atoms with van der Waals surface area (Å²) in [6, 6.07) is 18.3. The maximum atomic E-state index is 13.4. The molecule has 0 aromatic heterocycles. The minimum absolute atomic E-state index is 0.0449. The molecule has 3 aromatic carbocycles. The van der Waals surface area contributed by atoms with E-state index in [1.54, 1.807) is 0 Å². The van der Waals surface area contributed by atoms with Gasteiger partial charge in [0.05, 0.1) is 36.4 Å². The Bertz CT molecular complexity index is 1240. The number of ether oxygens (including phenoxy) is 2. The Morgan fingerprint density at radius 3 is 2.21 bits per heavy atom. The van der Waals surface area contributed by atoms with Crippen LogP contribution in [-0.2, 0) is 21.2 Å². The first kappa shape index (κ1) is 25.8. The fraction of sp³-hybridized carbons (Fsp3) is 0.208. The molecule has 3 aromatic rings. The summed E-state index contributed by atoms with van der Waals surface area (Å²) in [4.78, 5) is 13.0. The highest BCUT2D eigenvalue weighted by atomic mass is 35.5. The SMILES string of the molecule is COc1cc(NC(=O)CN(CCc2ccccc2)S(=O)(=O)c2ccc(Cl)cc2)c(OC)cc1Cl. The first-order valence-corrected chi connectivity index (χ1v) is 12.4. The number of amides is 1. The Kier molecular flexibility index (Phi) is 8.79. The normalized spacial score (nSPS) is 11.3. The number of hydrogen-bond donors (Lipinski definition) is 1. The first-order valence-electron chi connectivity index (χ1n) is 10.3. The van der Waals surface area contributed by atoms with Gasteiger partial charge in [0, 0.05) is 23.7 Å². The van der Waals surface area contributed by atoms with E-state index >= 15 is 0 Å². The lowest BCUT2D eigenvalue weighted by Crippen LogP contribution is -2.39. The lowest BCUT2D eigenvalue weighted by Gasteiger charge is -2.22. The molecule has 0 aliphatic heterocycles. The van der Waals surface area contributed by atoms with Gasteiger partial charge in [0.15, 0.2) is 0 Å². The van der Waals surface area contributed by atoms with Gasteiger partial charge in [0.1, 0.15) is 11.5 Å².